The predicted molar refractivity (Wildman–Crippen MR) is 113 cm³/mol. The maximum atomic E-state index is 13.5. The Kier molecular flexibility index (Phi) is 8.43. The van der Waals surface area contributed by atoms with Gasteiger partial charge in [0.2, 0.25) is 0 Å². The number of hydrogen-bond donors (Lipinski definition) is 3. The molecule has 0 aliphatic carbocycles. The van der Waals surface area contributed by atoms with Crippen molar-refractivity contribution in [1.82, 2.24) is 0 Å². The summed E-state index contributed by atoms with van der Waals surface area (Å²) < 4.78 is 18.7. The van der Waals surface area contributed by atoms with Crippen LogP contribution in [0.5, 0.6) is 11.5 Å². The second-order valence-corrected chi connectivity index (χ2v) is 7.00. The van der Waals surface area contributed by atoms with Crippen LogP contribution < -0.4 is 4.74 Å². The van der Waals surface area contributed by atoms with E-state index in [4.69, 9.17) is 4.74 Å². The summed E-state index contributed by atoms with van der Waals surface area (Å²) in [4.78, 5) is 0. The van der Waals surface area contributed by atoms with Crippen LogP contribution in [-0.4, -0.2) is 28.5 Å². The van der Waals surface area contributed by atoms with Crippen molar-refractivity contribution in [3.8, 4) is 11.5 Å². The molecule has 0 spiro atoms. The van der Waals surface area contributed by atoms with Gasteiger partial charge in [0.25, 0.3) is 0 Å². The molecule has 0 aromatic heterocycles. The number of phenols is 1. The van der Waals surface area contributed by atoms with E-state index >= 15 is 0 Å². The van der Waals surface area contributed by atoms with Crippen molar-refractivity contribution in [3.63, 3.8) is 0 Å². The number of hydrogen-bond acceptors (Lipinski definition) is 4. The van der Waals surface area contributed by atoms with Crippen molar-refractivity contribution in [2.24, 2.45) is 5.92 Å². The van der Waals surface area contributed by atoms with Crippen molar-refractivity contribution >= 4 is 6.08 Å². The Morgan fingerprint density at radius 3 is 2.41 bits per heavy atom. The van der Waals surface area contributed by atoms with Crippen molar-refractivity contribution < 1.29 is 24.4 Å². The lowest BCUT2D eigenvalue weighted by Gasteiger charge is -2.25. The van der Waals surface area contributed by atoms with Gasteiger partial charge in [0.05, 0.1) is 19.3 Å². The Morgan fingerprint density at radius 1 is 1.17 bits per heavy atom. The molecule has 0 heterocycles. The second-order valence-electron chi connectivity index (χ2n) is 7.00. The fourth-order valence-electron chi connectivity index (χ4n) is 3.25. The van der Waals surface area contributed by atoms with E-state index < -0.39 is 23.9 Å². The topological polar surface area (TPSA) is 69.9 Å². The van der Waals surface area contributed by atoms with Crippen LogP contribution in [0, 0.1) is 11.7 Å². The minimum absolute atomic E-state index is 0.378. The molecular weight excluding hydrogens is 371 g/mol. The standard InChI is InChI=1S/C24H29FO4/c1-4-16(14-17-7-13-23(27)21(25)15-17)6-12-22(26)20(5-2)24(28)18-8-10-19(29-3)11-9-18/h5,7-11,13-15,20,22,24,26-28H,2,4,6,12H2,1,3H3/b16-14+/t20-,22-,24-/m1/s1. The SMILES string of the molecule is C=C[C@H]([C@H](O)CC/C(=C/c1ccc(O)c(F)c1)CC)[C@H](O)c1ccc(OC)cc1. The van der Waals surface area contributed by atoms with Crippen LogP contribution in [0.1, 0.15) is 43.4 Å². The molecule has 0 saturated carbocycles. The van der Waals surface area contributed by atoms with Gasteiger partial charge in [-0.2, -0.15) is 0 Å². The van der Waals surface area contributed by atoms with Crippen LogP contribution in [-0.2, 0) is 0 Å². The molecule has 0 bridgehead atoms. The summed E-state index contributed by atoms with van der Waals surface area (Å²) in [6, 6.07) is 11.3. The minimum Gasteiger partial charge on any atom is -0.505 e. The first-order valence-electron chi connectivity index (χ1n) is 9.70. The molecule has 156 valence electrons. The third-order valence-electron chi connectivity index (χ3n) is 5.10. The fourth-order valence-corrected chi connectivity index (χ4v) is 3.25. The quantitative estimate of drug-likeness (QED) is 0.490. The number of halogens is 1. The van der Waals surface area contributed by atoms with Gasteiger partial charge in [-0.3, -0.25) is 0 Å². The Morgan fingerprint density at radius 2 is 1.86 bits per heavy atom. The highest BCUT2D eigenvalue weighted by molar-refractivity contribution is 5.54. The van der Waals surface area contributed by atoms with Gasteiger partial charge in [-0.15, -0.1) is 6.58 Å². The smallest absolute Gasteiger partial charge is 0.165 e. The number of benzene rings is 2. The van der Waals surface area contributed by atoms with E-state index in [0.717, 1.165) is 12.0 Å². The van der Waals surface area contributed by atoms with Crippen molar-refractivity contribution in [3.05, 3.63) is 77.6 Å². The maximum absolute atomic E-state index is 13.5. The average Bonchev–Trinajstić information content (AvgIpc) is 2.74. The van der Waals surface area contributed by atoms with Gasteiger partial charge in [-0.1, -0.05) is 42.8 Å². The third kappa shape index (κ3) is 6.17. The first-order valence-corrected chi connectivity index (χ1v) is 9.70. The van der Waals surface area contributed by atoms with Crippen LogP contribution in [0.25, 0.3) is 6.08 Å². The number of aliphatic hydroxyl groups is 2. The third-order valence-corrected chi connectivity index (χ3v) is 5.10. The largest absolute Gasteiger partial charge is 0.505 e. The Hall–Kier alpha value is -2.63. The molecule has 0 fully saturated rings. The normalized spacial score (nSPS) is 14.9. The zero-order chi connectivity index (χ0) is 21.4. The number of allylic oxidation sites excluding steroid dienone is 1. The molecule has 0 aliphatic rings. The van der Waals surface area contributed by atoms with Crippen LogP contribution in [0.4, 0.5) is 4.39 Å². The van der Waals surface area contributed by atoms with Crippen molar-refractivity contribution in [1.29, 1.82) is 0 Å². The molecule has 2 aromatic carbocycles. The predicted octanol–water partition coefficient (Wildman–Crippen LogP) is 5.01. The Bertz CT molecular complexity index is 829. The fraction of sp³-hybridized carbons (Fsp3) is 0.333. The molecule has 0 unspecified atom stereocenters. The molecule has 3 atom stereocenters. The van der Waals surface area contributed by atoms with Gasteiger partial charge < -0.3 is 20.1 Å². The summed E-state index contributed by atoms with van der Waals surface area (Å²) in [6.45, 7) is 5.76. The van der Waals surface area contributed by atoms with E-state index in [1.54, 1.807) is 43.5 Å². The van der Waals surface area contributed by atoms with Crippen LogP contribution in [0.2, 0.25) is 0 Å². The molecule has 0 aliphatic heterocycles. The lowest BCUT2D eigenvalue weighted by molar-refractivity contribution is 0.0318. The van der Waals surface area contributed by atoms with E-state index in [9.17, 15) is 19.7 Å². The molecule has 4 nitrogen and oxygen atoms in total. The Balaban J connectivity index is 2.04. The van der Waals surface area contributed by atoms with Crippen LogP contribution >= 0.6 is 0 Å². The monoisotopic (exact) mass is 400 g/mol. The first kappa shape index (κ1) is 22.7. The number of phenolic OH excluding ortho intramolecular Hbond substituents is 1. The molecule has 2 aromatic rings. The average molecular weight is 400 g/mol. The summed E-state index contributed by atoms with van der Waals surface area (Å²) in [5, 5.41) is 30.6. The molecule has 0 radical (unpaired) electrons. The first-order chi connectivity index (χ1) is 13.9. The van der Waals surface area contributed by atoms with Crippen molar-refractivity contribution in [2.75, 3.05) is 7.11 Å². The molecule has 0 saturated heterocycles. The van der Waals surface area contributed by atoms with Gasteiger partial charge >= 0.3 is 0 Å². The lowest BCUT2D eigenvalue weighted by atomic mass is 9.87. The summed E-state index contributed by atoms with van der Waals surface area (Å²) in [5.74, 6) is -0.867. The number of rotatable bonds is 10. The molecule has 0 amide bonds. The zero-order valence-electron chi connectivity index (χ0n) is 16.9. The van der Waals surface area contributed by atoms with Gasteiger partial charge in [-0.25, -0.2) is 4.39 Å². The highest BCUT2D eigenvalue weighted by Crippen LogP contribution is 2.30. The number of aliphatic hydroxyl groups excluding tert-OH is 2. The van der Waals surface area contributed by atoms with E-state index in [0.29, 0.717) is 29.7 Å². The van der Waals surface area contributed by atoms with Crippen LogP contribution in [0.15, 0.2) is 60.7 Å². The number of methoxy groups -OCH3 is 1. The summed E-state index contributed by atoms with van der Waals surface area (Å²) in [6.07, 6.45) is 3.55. The molecule has 5 heteroatoms. The van der Waals surface area contributed by atoms with E-state index in [1.165, 1.54) is 12.1 Å². The van der Waals surface area contributed by atoms with Gasteiger partial charge in [0.15, 0.2) is 11.6 Å². The van der Waals surface area contributed by atoms with Gasteiger partial charge in [0, 0.05) is 5.92 Å². The number of ether oxygens (including phenoxy) is 1. The molecule has 29 heavy (non-hydrogen) atoms. The highest BCUT2D eigenvalue weighted by atomic mass is 19.1. The molecule has 2 rings (SSSR count). The summed E-state index contributed by atoms with van der Waals surface area (Å²) >= 11 is 0. The Labute approximate surface area is 171 Å². The minimum atomic E-state index is -0.881. The summed E-state index contributed by atoms with van der Waals surface area (Å²) in [7, 11) is 1.58. The molecule has 3 N–H and O–H groups in total. The summed E-state index contributed by atoms with van der Waals surface area (Å²) in [5.41, 5.74) is 2.38. The lowest BCUT2D eigenvalue weighted by Crippen LogP contribution is -2.25. The van der Waals surface area contributed by atoms with E-state index in [1.807, 2.05) is 13.0 Å². The zero-order valence-corrected chi connectivity index (χ0v) is 16.9. The van der Waals surface area contributed by atoms with Gasteiger partial charge in [-0.05, 0) is 54.7 Å². The van der Waals surface area contributed by atoms with Crippen LogP contribution in [0.3, 0.4) is 0 Å². The van der Waals surface area contributed by atoms with E-state index in [2.05, 4.69) is 6.58 Å². The second kappa shape index (κ2) is 10.8. The maximum Gasteiger partial charge on any atom is 0.165 e. The molecular formula is C24H29FO4. The van der Waals surface area contributed by atoms with Gasteiger partial charge in [0.1, 0.15) is 5.75 Å². The van der Waals surface area contributed by atoms with E-state index in [-0.39, 0.29) is 5.75 Å². The number of aromatic hydroxyl groups is 1. The van der Waals surface area contributed by atoms with Crippen molar-refractivity contribution in [2.45, 2.75) is 38.4 Å². The highest BCUT2D eigenvalue weighted by Gasteiger charge is 2.25.